The van der Waals surface area contributed by atoms with Gasteiger partial charge in [-0.1, -0.05) is 0 Å². The molecule has 130 valence electrons. The van der Waals surface area contributed by atoms with Crippen molar-refractivity contribution in [2.75, 3.05) is 43.4 Å². The molecule has 0 aromatic heterocycles. The summed E-state index contributed by atoms with van der Waals surface area (Å²) in [6.07, 6.45) is 1.36. The van der Waals surface area contributed by atoms with E-state index in [2.05, 4.69) is 23.4 Å². The Morgan fingerprint density at radius 1 is 1.38 bits per heavy atom. The Bertz CT molecular complexity index is 579. The predicted molar refractivity (Wildman–Crippen MR) is 95.5 cm³/mol. The molecule has 2 N–H and O–H groups in total. The van der Waals surface area contributed by atoms with Gasteiger partial charge in [-0.05, 0) is 24.6 Å². The number of anilines is 2. The van der Waals surface area contributed by atoms with E-state index in [0.29, 0.717) is 17.8 Å². The third kappa shape index (κ3) is 4.96. The highest BCUT2D eigenvalue weighted by Gasteiger charge is 2.18. The Kier molecular flexibility index (Phi) is 6.60. The van der Waals surface area contributed by atoms with Gasteiger partial charge < -0.3 is 25.1 Å². The zero-order chi connectivity index (χ0) is 17.5. The van der Waals surface area contributed by atoms with Crippen molar-refractivity contribution in [2.24, 2.45) is 0 Å². The van der Waals surface area contributed by atoms with Gasteiger partial charge in [-0.25, -0.2) is 4.39 Å². The van der Waals surface area contributed by atoms with Crippen molar-refractivity contribution >= 4 is 31.5 Å². The zero-order valence-corrected chi connectivity index (χ0v) is 14.2. The summed E-state index contributed by atoms with van der Waals surface area (Å²) < 4.78 is 14.4. The normalized spacial score (nSPS) is 16.5. The molecule has 0 bridgehead atoms. The van der Waals surface area contributed by atoms with Crippen molar-refractivity contribution in [3.05, 3.63) is 24.0 Å². The quantitative estimate of drug-likeness (QED) is 0.543. The highest BCUT2D eigenvalue weighted by Crippen LogP contribution is 2.24. The van der Waals surface area contributed by atoms with Gasteiger partial charge in [0.15, 0.2) is 7.98 Å². The molecule has 1 aromatic rings. The summed E-state index contributed by atoms with van der Waals surface area (Å²) in [6, 6.07) is 4.40. The highest BCUT2D eigenvalue weighted by atomic mass is 19.1. The van der Waals surface area contributed by atoms with Crippen molar-refractivity contribution in [2.45, 2.75) is 18.9 Å². The van der Waals surface area contributed by atoms with Gasteiger partial charge in [0.1, 0.15) is 12.1 Å². The van der Waals surface area contributed by atoms with Crippen LogP contribution in [0.4, 0.5) is 15.8 Å². The van der Waals surface area contributed by atoms with Crippen molar-refractivity contribution in [3.8, 4) is 0 Å². The number of rotatable bonds is 7. The summed E-state index contributed by atoms with van der Waals surface area (Å²) in [5, 5.41) is 5.48. The van der Waals surface area contributed by atoms with Crippen LogP contribution in [0.1, 0.15) is 12.8 Å². The number of hydrogen-bond acceptors (Lipinski definition) is 5. The smallest absolute Gasteiger partial charge is 0.219 e. The number of carbonyl (C=O) groups excluding carboxylic acids is 2. The lowest BCUT2D eigenvalue weighted by Gasteiger charge is -2.34. The van der Waals surface area contributed by atoms with E-state index in [1.165, 1.54) is 6.07 Å². The minimum absolute atomic E-state index is 0.125. The lowest BCUT2D eigenvalue weighted by molar-refractivity contribution is -0.120. The number of piperazine rings is 1. The summed E-state index contributed by atoms with van der Waals surface area (Å²) in [4.78, 5) is 26.6. The predicted octanol–water partition coefficient (Wildman–Crippen LogP) is 0.00140. The maximum absolute atomic E-state index is 14.4. The number of nitrogens with zero attached hydrogens (tertiary/aromatic N) is 2. The standard InChI is InChI=1S/C16H24BFN4O2/c1-19-16(24)5-3-13(11-23)20-12-2-4-15(14(18)10-12)21-6-8-22(17)9-7-21/h2,4,10-11,13,20H,3,5-9,17H2,1H3,(H,19,24). The van der Waals surface area contributed by atoms with Crippen molar-refractivity contribution in [1.29, 1.82) is 0 Å². The van der Waals surface area contributed by atoms with Crippen LogP contribution in [0.3, 0.4) is 0 Å². The molecular weight excluding hydrogens is 310 g/mol. The zero-order valence-electron chi connectivity index (χ0n) is 14.2. The molecule has 1 aliphatic rings. The molecule has 0 aliphatic carbocycles. The summed E-state index contributed by atoms with van der Waals surface area (Å²) >= 11 is 0. The fourth-order valence-corrected chi connectivity index (χ4v) is 2.70. The van der Waals surface area contributed by atoms with Crippen LogP contribution in [-0.2, 0) is 9.59 Å². The van der Waals surface area contributed by atoms with E-state index in [0.717, 1.165) is 32.5 Å². The van der Waals surface area contributed by atoms with E-state index in [4.69, 9.17) is 0 Å². The second-order valence-corrected chi connectivity index (χ2v) is 6.06. The number of hydrogen-bond donors (Lipinski definition) is 2. The van der Waals surface area contributed by atoms with Gasteiger partial charge in [0.05, 0.1) is 11.7 Å². The van der Waals surface area contributed by atoms with Crippen LogP contribution >= 0.6 is 0 Å². The lowest BCUT2D eigenvalue weighted by Crippen LogP contribution is -2.45. The van der Waals surface area contributed by atoms with Crippen molar-refractivity contribution in [1.82, 2.24) is 10.1 Å². The lowest BCUT2D eigenvalue weighted by atomic mass is 10.1. The Morgan fingerprint density at radius 3 is 2.67 bits per heavy atom. The number of nitrogens with one attached hydrogen (secondary N) is 2. The molecule has 0 saturated carbocycles. The first-order valence-electron chi connectivity index (χ1n) is 8.19. The first kappa shape index (κ1) is 18.3. The number of carbonyl (C=O) groups is 2. The van der Waals surface area contributed by atoms with Gasteiger partial charge in [-0.15, -0.1) is 0 Å². The van der Waals surface area contributed by atoms with Gasteiger partial charge in [0.2, 0.25) is 5.91 Å². The minimum Gasteiger partial charge on any atom is -0.375 e. The van der Waals surface area contributed by atoms with E-state index >= 15 is 0 Å². The first-order chi connectivity index (χ1) is 11.5. The van der Waals surface area contributed by atoms with Crippen molar-refractivity contribution in [3.63, 3.8) is 0 Å². The molecule has 1 heterocycles. The van der Waals surface area contributed by atoms with Gasteiger partial charge in [-0.3, -0.25) is 4.79 Å². The molecule has 1 atom stereocenters. The second-order valence-electron chi connectivity index (χ2n) is 6.06. The van der Waals surface area contributed by atoms with Crippen LogP contribution in [0.5, 0.6) is 0 Å². The average Bonchev–Trinajstić information content (AvgIpc) is 2.59. The molecule has 1 aliphatic heterocycles. The van der Waals surface area contributed by atoms with Gasteiger partial charge >= 0.3 is 0 Å². The van der Waals surface area contributed by atoms with Crippen molar-refractivity contribution < 1.29 is 14.0 Å². The molecule has 24 heavy (non-hydrogen) atoms. The van der Waals surface area contributed by atoms with Crippen LogP contribution in [0.25, 0.3) is 0 Å². The first-order valence-corrected chi connectivity index (χ1v) is 8.19. The Labute approximate surface area is 142 Å². The molecule has 1 unspecified atom stereocenters. The van der Waals surface area contributed by atoms with E-state index in [-0.39, 0.29) is 18.1 Å². The third-order valence-corrected chi connectivity index (χ3v) is 4.27. The largest absolute Gasteiger partial charge is 0.375 e. The third-order valence-electron chi connectivity index (χ3n) is 4.27. The van der Waals surface area contributed by atoms with E-state index in [1.807, 2.05) is 4.90 Å². The Morgan fingerprint density at radius 2 is 2.08 bits per heavy atom. The van der Waals surface area contributed by atoms with E-state index in [1.54, 1.807) is 19.2 Å². The fraction of sp³-hybridized carbons (Fsp3) is 0.500. The second kappa shape index (κ2) is 8.68. The van der Waals surface area contributed by atoms with Crippen LogP contribution in [0.15, 0.2) is 18.2 Å². The maximum atomic E-state index is 14.4. The molecule has 1 aromatic carbocycles. The van der Waals surface area contributed by atoms with Crippen LogP contribution in [0, 0.1) is 5.82 Å². The molecule has 6 nitrogen and oxygen atoms in total. The number of amides is 1. The minimum atomic E-state index is -0.517. The summed E-state index contributed by atoms with van der Waals surface area (Å²) in [6.45, 7) is 3.41. The summed E-state index contributed by atoms with van der Waals surface area (Å²) in [5.41, 5.74) is 1.13. The van der Waals surface area contributed by atoms with Gasteiger partial charge in [-0.2, -0.15) is 0 Å². The SMILES string of the molecule is BN1CCN(c2ccc(NC(C=O)CCC(=O)NC)cc2F)CC1. The Hall–Kier alpha value is -2.09. The van der Waals surface area contributed by atoms with Crippen LogP contribution < -0.4 is 15.5 Å². The number of benzene rings is 1. The highest BCUT2D eigenvalue weighted by molar-refractivity contribution is 6.04. The fourth-order valence-electron chi connectivity index (χ4n) is 2.70. The molecule has 0 radical (unpaired) electrons. The number of halogens is 1. The Balaban J connectivity index is 1.97. The monoisotopic (exact) mass is 334 g/mol. The number of aldehydes is 1. The molecule has 1 saturated heterocycles. The molecule has 1 fully saturated rings. The van der Waals surface area contributed by atoms with Gasteiger partial charge in [0, 0.05) is 45.3 Å². The summed E-state index contributed by atoms with van der Waals surface area (Å²) in [5.74, 6) is -0.430. The van der Waals surface area contributed by atoms with Crippen LogP contribution in [-0.4, -0.2) is 64.3 Å². The van der Waals surface area contributed by atoms with E-state index < -0.39 is 6.04 Å². The van der Waals surface area contributed by atoms with Gasteiger partial charge in [0.25, 0.3) is 0 Å². The molecule has 8 heteroatoms. The maximum Gasteiger partial charge on any atom is 0.219 e. The summed E-state index contributed by atoms with van der Waals surface area (Å²) in [7, 11) is 3.61. The average molecular weight is 334 g/mol. The van der Waals surface area contributed by atoms with E-state index in [9.17, 15) is 14.0 Å². The van der Waals surface area contributed by atoms with Crippen LogP contribution in [0.2, 0.25) is 0 Å². The topological polar surface area (TPSA) is 64.7 Å². The molecular formula is C16H24BFN4O2. The molecule has 2 rings (SSSR count). The molecule has 1 amide bonds. The molecule has 0 spiro atoms.